The van der Waals surface area contributed by atoms with Crippen LogP contribution < -0.4 is 15.7 Å². The number of benzene rings is 1. The summed E-state index contributed by atoms with van der Waals surface area (Å²) in [6.45, 7) is 4.36. The molecule has 26 heavy (non-hydrogen) atoms. The smallest absolute Gasteiger partial charge is 0.379 e. The van der Waals surface area contributed by atoms with Gasteiger partial charge in [0.2, 0.25) is 5.76 Å². The first-order valence-electron chi connectivity index (χ1n) is 8.06. The SMILES string of the molecule is CC(C)CNC(=O)c1cc2ccc(OC(=O)c3ccco3)cc2oc1=O. The van der Waals surface area contributed by atoms with Gasteiger partial charge in [0, 0.05) is 18.0 Å². The van der Waals surface area contributed by atoms with Gasteiger partial charge in [0.25, 0.3) is 5.91 Å². The van der Waals surface area contributed by atoms with Gasteiger partial charge in [-0.15, -0.1) is 0 Å². The van der Waals surface area contributed by atoms with Crippen molar-refractivity contribution in [2.24, 2.45) is 5.92 Å². The second-order valence-corrected chi connectivity index (χ2v) is 6.12. The summed E-state index contributed by atoms with van der Waals surface area (Å²) in [7, 11) is 0. The first-order chi connectivity index (χ1) is 12.4. The Labute approximate surface area is 148 Å². The van der Waals surface area contributed by atoms with Gasteiger partial charge >= 0.3 is 11.6 Å². The average molecular weight is 355 g/mol. The average Bonchev–Trinajstić information content (AvgIpc) is 3.13. The number of hydrogen-bond donors (Lipinski definition) is 1. The van der Waals surface area contributed by atoms with Crippen molar-refractivity contribution in [3.63, 3.8) is 0 Å². The highest BCUT2D eigenvalue weighted by atomic mass is 16.5. The molecule has 0 aliphatic heterocycles. The van der Waals surface area contributed by atoms with Gasteiger partial charge < -0.3 is 18.9 Å². The molecule has 1 amide bonds. The minimum atomic E-state index is -0.756. The Hall–Kier alpha value is -3.35. The Morgan fingerprint density at radius 1 is 1.19 bits per heavy atom. The fourth-order valence-corrected chi connectivity index (χ4v) is 2.26. The number of carbonyl (C=O) groups excluding carboxylic acids is 2. The van der Waals surface area contributed by atoms with Crippen molar-refractivity contribution in [1.29, 1.82) is 0 Å². The summed E-state index contributed by atoms with van der Waals surface area (Å²) in [5.41, 5.74) is -0.619. The van der Waals surface area contributed by atoms with Crippen molar-refractivity contribution in [3.05, 3.63) is 64.4 Å². The zero-order valence-corrected chi connectivity index (χ0v) is 14.3. The maximum absolute atomic E-state index is 12.1. The van der Waals surface area contributed by atoms with Gasteiger partial charge in [0.15, 0.2) is 0 Å². The lowest BCUT2D eigenvalue weighted by Crippen LogP contribution is -2.31. The predicted molar refractivity (Wildman–Crippen MR) is 93.3 cm³/mol. The van der Waals surface area contributed by atoms with Crippen LogP contribution in [-0.4, -0.2) is 18.4 Å². The van der Waals surface area contributed by atoms with Crippen LogP contribution in [0.3, 0.4) is 0 Å². The number of fused-ring (bicyclic) bond motifs is 1. The summed E-state index contributed by atoms with van der Waals surface area (Å²) in [5, 5.41) is 3.22. The Bertz CT molecular complexity index is 1000. The molecule has 0 radical (unpaired) electrons. The number of nitrogens with one attached hydrogen (secondary N) is 1. The van der Waals surface area contributed by atoms with Gasteiger partial charge in [-0.1, -0.05) is 13.8 Å². The zero-order chi connectivity index (χ0) is 18.7. The summed E-state index contributed by atoms with van der Waals surface area (Å²) in [5.74, 6) is -0.635. The molecule has 0 saturated heterocycles. The maximum Gasteiger partial charge on any atom is 0.379 e. The Kier molecular flexibility index (Phi) is 4.88. The van der Waals surface area contributed by atoms with E-state index in [1.807, 2.05) is 13.8 Å². The molecule has 7 heteroatoms. The highest BCUT2D eigenvalue weighted by Gasteiger charge is 2.16. The predicted octanol–water partition coefficient (Wildman–Crippen LogP) is 2.99. The van der Waals surface area contributed by atoms with Crippen molar-refractivity contribution in [2.45, 2.75) is 13.8 Å². The van der Waals surface area contributed by atoms with Gasteiger partial charge in [0.05, 0.1) is 6.26 Å². The van der Waals surface area contributed by atoms with Crippen LogP contribution in [-0.2, 0) is 0 Å². The molecule has 1 N–H and O–H groups in total. The van der Waals surface area contributed by atoms with Gasteiger partial charge in [-0.2, -0.15) is 0 Å². The van der Waals surface area contributed by atoms with Gasteiger partial charge in [-0.05, 0) is 36.2 Å². The lowest BCUT2D eigenvalue weighted by atomic mass is 10.1. The van der Waals surface area contributed by atoms with E-state index >= 15 is 0 Å². The molecule has 1 aromatic carbocycles. The number of amides is 1. The number of furan rings is 1. The van der Waals surface area contributed by atoms with Crippen LogP contribution in [0.25, 0.3) is 11.0 Å². The molecule has 7 nitrogen and oxygen atoms in total. The molecule has 134 valence electrons. The van der Waals surface area contributed by atoms with Gasteiger partial charge in [-0.3, -0.25) is 4.79 Å². The van der Waals surface area contributed by atoms with Crippen molar-refractivity contribution in [3.8, 4) is 5.75 Å². The van der Waals surface area contributed by atoms with Gasteiger partial charge in [0.1, 0.15) is 16.9 Å². The molecule has 0 bridgehead atoms. The summed E-state index contributed by atoms with van der Waals surface area (Å²) in [4.78, 5) is 36.1. The van der Waals surface area contributed by atoms with Crippen LogP contribution in [0.2, 0.25) is 0 Å². The molecule has 2 aromatic heterocycles. The third-order valence-electron chi connectivity index (χ3n) is 3.56. The summed E-state index contributed by atoms with van der Waals surface area (Å²) in [6.07, 6.45) is 1.36. The lowest BCUT2D eigenvalue weighted by molar-refractivity contribution is 0.0701. The van der Waals surface area contributed by atoms with E-state index < -0.39 is 17.5 Å². The van der Waals surface area contributed by atoms with E-state index in [0.29, 0.717) is 11.9 Å². The van der Waals surface area contributed by atoms with Crippen LogP contribution in [0.15, 0.2) is 56.3 Å². The second-order valence-electron chi connectivity index (χ2n) is 6.12. The topological polar surface area (TPSA) is 98.8 Å². The Balaban J connectivity index is 1.85. The molecule has 2 heterocycles. The number of carbonyl (C=O) groups is 2. The molecule has 0 fully saturated rings. The molecule has 3 rings (SSSR count). The Morgan fingerprint density at radius 3 is 2.69 bits per heavy atom. The summed E-state index contributed by atoms with van der Waals surface area (Å²) >= 11 is 0. The van der Waals surface area contributed by atoms with Crippen molar-refractivity contribution < 1.29 is 23.2 Å². The van der Waals surface area contributed by atoms with Gasteiger partial charge in [-0.25, -0.2) is 9.59 Å². The fourth-order valence-electron chi connectivity index (χ4n) is 2.26. The number of rotatable bonds is 5. The lowest BCUT2D eigenvalue weighted by Gasteiger charge is -2.08. The van der Waals surface area contributed by atoms with Crippen LogP contribution in [0.4, 0.5) is 0 Å². The highest BCUT2D eigenvalue weighted by Crippen LogP contribution is 2.21. The van der Waals surface area contributed by atoms with Crippen LogP contribution in [0.1, 0.15) is 34.8 Å². The van der Waals surface area contributed by atoms with E-state index in [9.17, 15) is 14.4 Å². The molecular formula is C19H17NO6. The summed E-state index contributed by atoms with van der Waals surface area (Å²) < 4.78 is 15.3. The number of esters is 1. The molecule has 0 aliphatic carbocycles. The molecular weight excluding hydrogens is 338 g/mol. The first kappa shape index (κ1) is 17.5. The normalized spacial score (nSPS) is 10.9. The third kappa shape index (κ3) is 3.83. The third-order valence-corrected chi connectivity index (χ3v) is 3.56. The molecule has 3 aromatic rings. The van der Waals surface area contributed by atoms with Crippen LogP contribution in [0, 0.1) is 5.92 Å². The monoisotopic (exact) mass is 355 g/mol. The standard InChI is InChI=1S/C19H17NO6/c1-11(2)10-20-17(21)14-8-12-5-6-13(9-16(12)26-18(14)22)25-19(23)15-4-3-7-24-15/h3-9,11H,10H2,1-2H3,(H,20,21). The molecule has 0 saturated carbocycles. The molecule has 0 unspecified atom stereocenters. The number of hydrogen-bond acceptors (Lipinski definition) is 6. The molecule has 0 spiro atoms. The van der Waals surface area contributed by atoms with E-state index in [2.05, 4.69) is 5.32 Å². The van der Waals surface area contributed by atoms with Crippen LogP contribution >= 0.6 is 0 Å². The van der Waals surface area contributed by atoms with E-state index in [-0.39, 0.29) is 28.6 Å². The zero-order valence-electron chi connectivity index (χ0n) is 14.3. The van der Waals surface area contributed by atoms with Crippen molar-refractivity contribution in [1.82, 2.24) is 5.32 Å². The van der Waals surface area contributed by atoms with E-state index in [0.717, 1.165) is 0 Å². The summed E-state index contributed by atoms with van der Waals surface area (Å²) in [6, 6.07) is 9.05. The van der Waals surface area contributed by atoms with E-state index in [1.165, 1.54) is 24.5 Å². The first-order valence-corrected chi connectivity index (χ1v) is 8.06. The van der Waals surface area contributed by atoms with Crippen molar-refractivity contribution >= 4 is 22.8 Å². The highest BCUT2D eigenvalue weighted by molar-refractivity contribution is 5.97. The minimum absolute atomic E-state index is 0.0590. The minimum Gasteiger partial charge on any atom is -0.457 e. The number of ether oxygens (including phenoxy) is 1. The molecule has 0 aliphatic rings. The quantitative estimate of drug-likeness (QED) is 0.429. The fraction of sp³-hybridized carbons (Fsp3) is 0.211. The van der Waals surface area contributed by atoms with Crippen LogP contribution in [0.5, 0.6) is 5.75 Å². The van der Waals surface area contributed by atoms with E-state index in [1.54, 1.807) is 18.2 Å². The Morgan fingerprint density at radius 2 is 2.00 bits per heavy atom. The molecule has 0 atom stereocenters. The second kappa shape index (κ2) is 7.26. The maximum atomic E-state index is 12.1. The van der Waals surface area contributed by atoms with E-state index in [4.69, 9.17) is 13.6 Å². The van der Waals surface area contributed by atoms with Crippen molar-refractivity contribution in [2.75, 3.05) is 6.54 Å². The largest absolute Gasteiger partial charge is 0.457 e.